The Labute approximate surface area is 105 Å². The summed E-state index contributed by atoms with van der Waals surface area (Å²) in [5.41, 5.74) is 0.510. The molecular weight excluding hydrogens is 242 g/mol. The Hall–Kier alpha value is -1.07. The van der Waals surface area contributed by atoms with Crippen molar-refractivity contribution in [2.24, 2.45) is 0 Å². The van der Waals surface area contributed by atoms with E-state index in [-0.39, 0.29) is 10.6 Å². The van der Waals surface area contributed by atoms with E-state index in [9.17, 15) is 4.79 Å². The predicted octanol–water partition coefficient (Wildman–Crippen LogP) is 1.14. The second-order valence-corrected chi connectivity index (χ2v) is 4.44. The van der Waals surface area contributed by atoms with Crippen LogP contribution in [0.1, 0.15) is 12.8 Å². The van der Waals surface area contributed by atoms with Crippen molar-refractivity contribution >= 4 is 17.3 Å². The Bertz CT molecular complexity index is 441. The zero-order chi connectivity index (χ0) is 12.3. The van der Waals surface area contributed by atoms with Crippen LogP contribution in [0.25, 0.3) is 0 Å². The van der Waals surface area contributed by atoms with Gasteiger partial charge in [-0.15, -0.1) is 0 Å². The van der Waals surface area contributed by atoms with E-state index in [1.807, 2.05) is 0 Å². The maximum absolute atomic E-state index is 11.9. The molecule has 1 aliphatic heterocycles. The second kappa shape index (κ2) is 5.51. The number of rotatable bonds is 4. The third kappa shape index (κ3) is 2.61. The van der Waals surface area contributed by atoms with E-state index in [1.165, 1.54) is 4.68 Å². The molecule has 0 N–H and O–H groups in total. The summed E-state index contributed by atoms with van der Waals surface area (Å²) < 4.78 is 6.26. The lowest BCUT2D eigenvalue weighted by atomic mass is 10.4. The van der Waals surface area contributed by atoms with Gasteiger partial charge in [0.05, 0.1) is 25.0 Å². The van der Waals surface area contributed by atoms with Crippen LogP contribution in [0.4, 0.5) is 5.69 Å². The summed E-state index contributed by atoms with van der Waals surface area (Å²) >= 11 is 6.10. The van der Waals surface area contributed by atoms with Crippen LogP contribution in [-0.2, 0) is 11.3 Å². The number of nitrogens with zero attached hydrogens (tertiary/aromatic N) is 3. The molecule has 0 aromatic carbocycles. The molecule has 1 fully saturated rings. The van der Waals surface area contributed by atoms with E-state index in [1.54, 1.807) is 13.3 Å². The van der Waals surface area contributed by atoms with Gasteiger partial charge in [-0.3, -0.25) is 4.79 Å². The second-order valence-electron chi connectivity index (χ2n) is 4.06. The van der Waals surface area contributed by atoms with E-state index in [2.05, 4.69) is 10.00 Å². The summed E-state index contributed by atoms with van der Waals surface area (Å²) in [5.74, 6) is 0. The first kappa shape index (κ1) is 12.4. The molecule has 0 saturated carbocycles. The van der Waals surface area contributed by atoms with Crippen LogP contribution in [0.15, 0.2) is 11.0 Å². The molecule has 0 spiro atoms. The first-order valence-electron chi connectivity index (χ1n) is 5.73. The molecule has 94 valence electrons. The number of hydrogen-bond donors (Lipinski definition) is 0. The average Bonchev–Trinajstić information content (AvgIpc) is 2.85. The zero-order valence-electron chi connectivity index (χ0n) is 9.86. The van der Waals surface area contributed by atoms with Gasteiger partial charge in [0.15, 0.2) is 0 Å². The molecule has 1 aliphatic rings. The van der Waals surface area contributed by atoms with Crippen LogP contribution in [0.2, 0.25) is 5.02 Å². The molecule has 2 heterocycles. The van der Waals surface area contributed by atoms with Gasteiger partial charge in [0.2, 0.25) is 0 Å². The topological polar surface area (TPSA) is 47.4 Å². The lowest BCUT2D eigenvalue weighted by Gasteiger charge is -2.18. The quantitative estimate of drug-likeness (QED) is 0.812. The Morgan fingerprint density at radius 3 is 2.82 bits per heavy atom. The first-order chi connectivity index (χ1) is 8.24. The lowest BCUT2D eigenvalue weighted by Crippen LogP contribution is -2.28. The van der Waals surface area contributed by atoms with Crippen LogP contribution in [0, 0.1) is 0 Å². The third-order valence-electron chi connectivity index (χ3n) is 2.92. The Morgan fingerprint density at radius 1 is 1.47 bits per heavy atom. The summed E-state index contributed by atoms with van der Waals surface area (Å²) in [4.78, 5) is 14.0. The number of aromatic nitrogens is 2. The SMILES string of the molecule is COCCn1ncc(N2CCCC2)c(Cl)c1=O. The van der Waals surface area contributed by atoms with Crippen molar-refractivity contribution in [1.82, 2.24) is 9.78 Å². The van der Waals surface area contributed by atoms with Crippen LogP contribution < -0.4 is 10.5 Å². The fourth-order valence-corrected chi connectivity index (χ4v) is 2.24. The van der Waals surface area contributed by atoms with Gasteiger partial charge < -0.3 is 9.64 Å². The number of halogens is 1. The van der Waals surface area contributed by atoms with Crippen LogP contribution in [0.3, 0.4) is 0 Å². The minimum absolute atomic E-state index is 0.242. The van der Waals surface area contributed by atoms with E-state index in [0.29, 0.717) is 13.2 Å². The van der Waals surface area contributed by atoms with Crippen molar-refractivity contribution in [3.05, 3.63) is 21.6 Å². The Kier molecular flexibility index (Phi) is 4.02. The fourth-order valence-electron chi connectivity index (χ4n) is 1.97. The van der Waals surface area contributed by atoms with Crippen LogP contribution in [0.5, 0.6) is 0 Å². The van der Waals surface area contributed by atoms with Gasteiger partial charge >= 0.3 is 0 Å². The number of ether oxygens (including phenoxy) is 1. The highest BCUT2D eigenvalue weighted by atomic mass is 35.5. The molecule has 0 radical (unpaired) electrons. The zero-order valence-corrected chi connectivity index (χ0v) is 10.6. The predicted molar refractivity (Wildman–Crippen MR) is 66.8 cm³/mol. The molecule has 0 amide bonds. The van der Waals surface area contributed by atoms with Crippen molar-refractivity contribution in [2.75, 3.05) is 31.7 Å². The van der Waals surface area contributed by atoms with Gasteiger partial charge in [-0.2, -0.15) is 5.10 Å². The molecule has 17 heavy (non-hydrogen) atoms. The normalized spacial score (nSPS) is 15.5. The number of methoxy groups -OCH3 is 1. The highest BCUT2D eigenvalue weighted by Crippen LogP contribution is 2.24. The molecule has 1 aromatic rings. The summed E-state index contributed by atoms with van der Waals surface area (Å²) in [7, 11) is 1.59. The standard InChI is InChI=1S/C11H16ClN3O2/c1-17-7-6-15-11(16)10(12)9(8-13-15)14-4-2-3-5-14/h8H,2-7H2,1H3. The van der Waals surface area contributed by atoms with Crippen molar-refractivity contribution < 1.29 is 4.74 Å². The van der Waals surface area contributed by atoms with Crippen LogP contribution >= 0.6 is 11.6 Å². The molecule has 0 bridgehead atoms. The molecule has 6 heteroatoms. The molecule has 0 unspecified atom stereocenters. The van der Waals surface area contributed by atoms with E-state index < -0.39 is 0 Å². The lowest BCUT2D eigenvalue weighted by molar-refractivity contribution is 0.182. The summed E-state index contributed by atoms with van der Waals surface area (Å²) in [6.07, 6.45) is 3.96. The molecule has 1 saturated heterocycles. The smallest absolute Gasteiger partial charge is 0.287 e. The third-order valence-corrected chi connectivity index (χ3v) is 3.28. The Balaban J connectivity index is 2.25. The number of anilines is 1. The molecule has 5 nitrogen and oxygen atoms in total. The van der Waals surface area contributed by atoms with Crippen molar-refractivity contribution in [3.8, 4) is 0 Å². The molecule has 2 rings (SSSR count). The van der Waals surface area contributed by atoms with Gasteiger partial charge in [-0.1, -0.05) is 11.6 Å². The highest BCUT2D eigenvalue weighted by Gasteiger charge is 2.18. The largest absolute Gasteiger partial charge is 0.383 e. The average molecular weight is 258 g/mol. The minimum Gasteiger partial charge on any atom is -0.383 e. The van der Waals surface area contributed by atoms with Crippen molar-refractivity contribution in [2.45, 2.75) is 19.4 Å². The van der Waals surface area contributed by atoms with Gasteiger partial charge in [0.1, 0.15) is 5.02 Å². The van der Waals surface area contributed by atoms with Crippen molar-refractivity contribution in [3.63, 3.8) is 0 Å². The molecular formula is C11H16ClN3O2. The highest BCUT2D eigenvalue weighted by molar-refractivity contribution is 6.33. The first-order valence-corrected chi connectivity index (χ1v) is 6.11. The van der Waals surface area contributed by atoms with E-state index in [0.717, 1.165) is 31.6 Å². The molecule has 0 atom stereocenters. The maximum Gasteiger partial charge on any atom is 0.287 e. The summed E-state index contributed by atoms with van der Waals surface area (Å²) in [6, 6.07) is 0. The van der Waals surface area contributed by atoms with Gasteiger partial charge in [-0.25, -0.2) is 4.68 Å². The number of hydrogen-bond acceptors (Lipinski definition) is 4. The van der Waals surface area contributed by atoms with E-state index in [4.69, 9.17) is 16.3 Å². The van der Waals surface area contributed by atoms with Gasteiger partial charge in [0.25, 0.3) is 5.56 Å². The minimum atomic E-state index is -0.242. The monoisotopic (exact) mass is 257 g/mol. The van der Waals surface area contributed by atoms with Gasteiger partial charge in [-0.05, 0) is 12.8 Å². The maximum atomic E-state index is 11.9. The fraction of sp³-hybridized carbons (Fsp3) is 0.636. The molecule has 1 aromatic heterocycles. The summed E-state index contributed by atoms with van der Waals surface area (Å²) in [6.45, 7) is 2.77. The molecule has 0 aliphatic carbocycles. The van der Waals surface area contributed by atoms with Crippen molar-refractivity contribution in [1.29, 1.82) is 0 Å². The summed E-state index contributed by atoms with van der Waals surface area (Å²) in [5, 5.41) is 4.38. The van der Waals surface area contributed by atoms with E-state index >= 15 is 0 Å². The van der Waals surface area contributed by atoms with Crippen LogP contribution in [-0.4, -0.2) is 36.6 Å². The Morgan fingerprint density at radius 2 is 2.18 bits per heavy atom. The van der Waals surface area contributed by atoms with Gasteiger partial charge in [0, 0.05) is 20.2 Å².